The van der Waals surface area contributed by atoms with Gasteiger partial charge in [0.25, 0.3) is 0 Å². The van der Waals surface area contributed by atoms with Crippen LogP contribution in [0.5, 0.6) is 0 Å². The van der Waals surface area contributed by atoms with Crippen LogP contribution in [0.4, 0.5) is 5.69 Å². The van der Waals surface area contributed by atoms with Gasteiger partial charge in [0, 0.05) is 24.7 Å². The molecule has 1 saturated heterocycles. The molecule has 1 aliphatic heterocycles. The predicted molar refractivity (Wildman–Crippen MR) is 80.4 cm³/mol. The molecule has 1 heterocycles. The standard InChI is InChI=1S/C12H16Cl2N2O3S/c13-10-1-2-11(14)12(7-10)15-20(18,19)16-5-3-9(8-17)4-6-16/h1-2,7,9,15,17H,3-6,8H2. The van der Waals surface area contributed by atoms with Gasteiger partial charge in [-0.15, -0.1) is 0 Å². The number of nitrogens with zero attached hydrogens (tertiary/aromatic N) is 1. The molecule has 0 aromatic heterocycles. The lowest BCUT2D eigenvalue weighted by atomic mass is 10.00. The lowest BCUT2D eigenvalue weighted by Gasteiger charge is -2.30. The molecule has 0 amide bonds. The first-order valence-corrected chi connectivity index (χ1v) is 8.46. The average Bonchev–Trinajstić information content (AvgIpc) is 2.43. The second kappa shape index (κ2) is 6.49. The van der Waals surface area contributed by atoms with Crippen LogP contribution in [0.25, 0.3) is 0 Å². The zero-order chi connectivity index (χ0) is 14.8. The van der Waals surface area contributed by atoms with Crippen molar-refractivity contribution >= 4 is 39.1 Å². The van der Waals surface area contributed by atoms with E-state index in [0.29, 0.717) is 36.0 Å². The Labute approximate surface area is 128 Å². The summed E-state index contributed by atoms with van der Waals surface area (Å²) in [6.45, 7) is 0.874. The predicted octanol–water partition coefficient (Wildman–Crippen LogP) is 2.35. The Morgan fingerprint density at radius 1 is 1.30 bits per heavy atom. The Bertz CT molecular complexity index is 572. The van der Waals surface area contributed by atoms with Crippen LogP contribution in [0.15, 0.2) is 18.2 Å². The third kappa shape index (κ3) is 3.77. The highest BCUT2D eigenvalue weighted by atomic mass is 35.5. The smallest absolute Gasteiger partial charge is 0.301 e. The zero-order valence-corrected chi connectivity index (χ0v) is 13.0. The minimum atomic E-state index is -3.65. The Morgan fingerprint density at radius 3 is 2.55 bits per heavy atom. The second-order valence-corrected chi connectivity index (χ2v) is 7.27. The SMILES string of the molecule is O=S(=O)(Nc1cc(Cl)ccc1Cl)N1CCC(CO)CC1. The highest BCUT2D eigenvalue weighted by molar-refractivity contribution is 7.90. The van der Waals surface area contributed by atoms with Gasteiger partial charge in [-0.1, -0.05) is 23.2 Å². The number of halogens is 2. The third-order valence-electron chi connectivity index (χ3n) is 3.34. The van der Waals surface area contributed by atoms with Gasteiger partial charge in [0.2, 0.25) is 0 Å². The van der Waals surface area contributed by atoms with Crippen LogP contribution in [0.1, 0.15) is 12.8 Å². The molecule has 2 N–H and O–H groups in total. The van der Waals surface area contributed by atoms with Crippen molar-refractivity contribution in [1.29, 1.82) is 0 Å². The molecule has 1 aromatic carbocycles. The van der Waals surface area contributed by atoms with Gasteiger partial charge in [-0.3, -0.25) is 4.72 Å². The number of benzene rings is 1. The number of hydrogen-bond acceptors (Lipinski definition) is 3. The molecular weight excluding hydrogens is 323 g/mol. The summed E-state index contributed by atoms with van der Waals surface area (Å²) < 4.78 is 28.3. The maximum absolute atomic E-state index is 12.3. The summed E-state index contributed by atoms with van der Waals surface area (Å²) in [6, 6.07) is 4.61. The van der Waals surface area contributed by atoms with Crippen molar-refractivity contribution in [3.05, 3.63) is 28.2 Å². The van der Waals surface area contributed by atoms with Crippen LogP contribution in [-0.2, 0) is 10.2 Å². The van der Waals surface area contributed by atoms with Gasteiger partial charge in [-0.2, -0.15) is 12.7 Å². The molecule has 20 heavy (non-hydrogen) atoms. The molecule has 1 fully saturated rings. The van der Waals surface area contributed by atoms with E-state index in [2.05, 4.69) is 4.72 Å². The van der Waals surface area contributed by atoms with E-state index in [-0.39, 0.29) is 18.2 Å². The monoisotopic (exact) mass is 338 g/mol. The zero-order valence-electron chi connectivity index (χ0n) is 10.7. The van der Waals surface area contributed by atoms with Crippen molar-refractivity contribution in [1.82, 2.24) is 4.31 Å². The number of nitrogens with one attached hydrogen (secondary N) is 1. The minimum absolute atomic E-state index is 0.0986. The van der Waals surface area contributed by atoms with Gasteiger partial charge in [0.1, 0.15) is 0 Å². The maximum Gasteiger partial charge on any atom is 0.301 e. The normalized spacial score (nSPS) is 18.1. The quantitative estimate of drug-likeness (QED) is 0.885. The molecule has 1 aromatic rings. The average molecular weight is 339 g/mol. The van der Waals surface area contributed by atoms with E-state index in [9.17, 15) is 8.42 Å². The molecule has 5 nitrogen and oxygen atoms in total. The molecule has 8 heteroatoms. The Kier molecular flexibility index (Phi) is 5.14. The number of aliphatic hydroxyl groups is 1. The number of rotatable bonds is 4. The molecule has 0 radical (unpaired) electrons. The summed E-state index contributed by atoms with van der Waals surface area (Å²) in [5.41, 5.74) is 0.267. The molecular formula is C12H16Cl2N2O3S. The lowest BCUT2D eigenvalue weighted by molar-refractivity contribution is 0.170. The first kappa shape index (κ1) is 15.9. The second-order valence-electron chi connectivity index (χ2n) is 4.76. The topological polar surface area (TPSA) is 69.6 Å². The molecule has 0 bridgehead atoms. The minimum Gasteiger partial charge on any atom is -0.396 e. The van der Waals surface area contributed by atoms with E-state index >= 15 is 0 Å². The Balaban J connectivity index is 2.10. The number of aliphatic hydroxyl groups excluding tert-OH is 1. The van der Waals surface area contributed by atoms with Crippen molar-refractivity contribution in [2.24, 2.45) is 5.92 Å². The third-order valence-corrected chi connectivity index (χ3v) is 5.43. The number of hydrogen-bond donors (Lipinski definition) is 2. The Hall–Kier alpha value is -0.530. The summed E-state index contributed by atoms with van der Waals surface area (Å²) >= 11 is 11.8. The Morgan fingerprint density at radius 2 is 1.95 bits per heavy atom. The summed E-state index contributed by atoms with van der Waals surface area (Å²) in [5, 5.41) is 9.77. The largest absolute Gasteiger partial charge is 0.396 e. The summed E-state index contributed by atoms with van der Waals surface area (Å²) in [4.78, 5) is 0. The molecule has 0 saturated carbocycles. The van der Waals surface area contributed by atoms with Crippen LogP contribution >= 0.6 is 23.2 Å². The van der Waals surface area contributed by atoms with Crippen molar-refractivity contribution in [3.63, 3.8) is 0 Å². The van der Waals surface area contributed by atoms with Crippen LogP contribution in [0.3, 0.4) is 0 Å². The fourth-order valence-electron chi connectivity index (χ4n) is 2.11. The van der Waals surface area contributed by atoms with Gasteiger partial charge in [-0.05, 0) is 37.0 Å². The molecule has 0 atom stereocenters. The number of anilines is 1. The van der Waals surface area contributed by atoms with Crippen LogP contribution in [-0.4, -0.2) is 37.5 Å². The first-order valence-electron chi connectivity index (χ1n) is 6.26. The summed E-state index contributed by atoms with van der Waals surface area (Å²) in [5.74, 6) is 0.177. The molecule has 0 spiro atoms. The van der Waals surface area contributed by atoms with Crippen LogP contribution < -0.4 is 4.72 Å². The van der Waals surface area contributed by atoms with Crippen molar-refractivity contribution in [2.45, 2.75) is 12.8 Å². The van der Waals surface area contributed by atoms with Crippen LogP contribution in [0, 0.1) is 5.92 Å². The molecule has 1 aliphatic rings. The van der Waals surface area contributed by atoms with E-state index in [1.54, 1.807) is 12.1 Å². The van der Waals surface area contributed by atoms with Crippen molar-refractivity contribution in [2.75, 3.05) is 24.4 Å². The summed E-state index contributed by atoms with van der Waals surface area (Å²) in [6.07, 6.45) is 1.31. The fraction of sp³-hybridized carbons (Fsp3) is 0.500. The van der Waals surface area contributed by atoms with E-state index in [1.807, 2.05) is 0 Å². The molecule has 0 unspecified atom stereocenters. The van der Waals surface area contributed by atoms with E-state index in [1.165, 1.54) is 10.4 Å². The lowest BCUT2D eigenvalue weighted by Crippen LogP contribution is -2.42. The number of piperidine rings is 1. The van der Waals surface area contributed by atoms with E-state index in [0.717, 1.165) is 0 Å². The van der Waals surface area contributed by atoms with Crippen molar-refractivity contribution < 1.29 is 13.5 Å². The molecule has 0 aliphatic carbocycles. The van der Waals surface area contributed by atoms with Gasteiger partial charge in [0.05, 0.1) is 10.7 Å². The highest BCUT2D eigenvalue weighted by Gasteiger charge is 2.28. The first-order chi connectivity index (χ1) is 9.42. The van der Waals surface area contributed by atoms with E-state index < -0.39 is 10.2 Å². The van der Waals surface area contributed by atoms with Gasteiger partial charge >= 0.3 is 10.2 Å². The van der Waals surface area contributed by atoms with Crippen LogP contribution in [0.2, 0.25) is 10.0 Å². The van der Waals surface area contributed by atoms with Crippen molar-refractivity contribution in [3.8, 4) is 0 Å². The molecule has 2 rings (SSSR count). The summed E-state index contributed by atoms with van der Waals surface area (Å²) in [7, 11) is -3.65. The van der Waals surface area contributed by atoms with Gasteiger partial charge < -0.3 is 5.11 Å². The maximum atomic E-state index is 12.3. The van der Waals surface area contributed by atoms with Gasteiger partial charge in [-0.25, -0.2) is 0 Å². The molecule has 112 valence electrons. The fourth-order valence-corrected chi connectivity index (χ4v) is 3.77. The van der Waals surface area contributed by atoms with Gasteiger partial charge in [0.15, 0.2) is 0 Å². The van der Waals surface area contributed by atoms with E-state index in [4.69, 9.17) is 28.3 Å². The highest BCUT2D eigenvalue weighted by Crippen LogP contribution is 2.28.